The van der Waals surface area contributed by atoms with Gasteiger partial charge in [-0.2, -0.15) is 0 Å². The summed E-state index contributed by atoms with van der Waals surface area (Å²) in [4.78, 5) is 22.4. The number of rotatable bonds is 2. The average Bonchev–Trinajstić information content (AvgIpc) is 2.53. The van der Waals surface area contributed by atoms with E-state index in [0.717, 1.165) is 16.8 Å². The van der Waals surface area contributed by atoms with E-state index in [4.69, 9.17) is 0 Å². The van der Waals surface area contributed by atoms with Crippen LogP contribution in [0.15, 0.2) is 18.2 Å². The molecule has 2 amide bonds. The highest BCUT2D eigenvalue weighted by atomic mass is 16.2. The molecule has 84 valence electrons. The third-order valence-electron chi connectivity index (χ3n) is 2.90. The molecule has 1 saturated heterocycles. The number of benzene rings is 1. The van der Waals surface area contributed by atoms with Gasteiger partial charge in [0.25, 0.3) is 0 Å². The molecule has 1 aliphatic rings. The number of anilines is 1. The molecule has 0 aromatic heterocycles. The van der Waals surface area contributed by atoms with Gasteiger partial charge in [-0.3, -0.25) is 14.9 Å². The van der Waals surface area contributed by atoms with Crippen LogP contribution in [-0.2, 0) is 9.59 Å². The third-order valence-corrected chi connectivity index (χ3v) is 2.90. The zero-order valence-corrected chi connectivity index (χ0v) is 9.33. The molecule has 1 unspecified atom stereocenters. The molecule has 2 rings (SSSR count). The first-order valence-electron chi connectivity index (χ1n) is 5.24. The quantitative estimate of drug-likeness (QED) is 0.732. The number of amides is 2. The molecule has 1 aliphatic heterocycles. The first-order valence-corrected chi connectivity index (χ1v) is 5.24. The molecule has 4 nitrogen and oxygen atoms in total. The number of nitrogens with one attached hydrogen (secondary N) is 2. The molecular formula is C12H14N2O2. The lowest BCUT2D eigenvalue weighted by atomic mass is 10.1. The van der Waals surface area contributed by atoms with E-state index in [-0.39, 0.29) is 18.2 Å². The number of carbonyl (C=O) groups excluding carboxylic acids is 2. The van der Waals surface area contributed by atoms with Crippen LogP contribution in [-0.4, -0.2) is 17.9 Å². The van der Waals surface area contributed by atoms with Crippen LogP contribution in [0.2, 0.25) is 0 Å². The maximum absolute atomic E-state index is 11.4. The number of hydrogen-bond acceptors (Lipinski definition) is 3. The largest absolute Gasteiger partial charge is 0.373 e. The first kappa shape index (κ1) is 10.7. The summed E-state index contributed by atoms with van der Waals surface area (Å²) in [6, 6.07) is 5.42. The van der Waals surface area contributed by atoms with Gasteiger partial charge < -0.3 is 5.32 Å². The summed E-state index contributed by atoms with van der Waals surface area (Å²) in [5.74, 6) is -0.460. The second-order valence-corrected chi connectivity index (χ2v) is 4.06. The SMILES string of the molecule is Cc1cccc(NC2CC(=O)NC2=O)c1C. The van der Waals surface area contributed by atoms with E-state index in [1.165, 1.54) is 0 Å². The number of aryl methyl sites for hydroxylation is 1. The molecular weight excluding hydrogens is 204 g/mol. The second kappa shape index (κ2) is 3.96. The fourth-order valence-corrected chi connectivity index (χ4v) is 1.77. The van der Waals surface area contributed by atoms with Crippen molar-refractivity contribution in [3.63, 3.8) is 0 Å². The van der Waals surface area contributed by atoms with E-state index in [2.05, 4.69) is 10.6 Å². The first-order chi connectivity index (χ1) is 7.58. The summed E-state index contributed by atoms with van der Waals surface area (Å²) in [6.45, 7) is 4.01. The Balaban J connectivity index is 2.18. The van der Waals surface area contributed by atoms with Crippen LogP contribution >= 0.6 is 0 Å². The Morgan fingerprint density at radius 3 is 2.69 bits per heavy atom. The van der Waals surface area contributed by atoms with Gasteiger partial charge in [-0.15, -0.1) is 0 Å². The maximum Gasteiger partial charge on any atom is 0.249 e. The molecule has 1 aromatic rings. The minimum Gasteiger partial charge on any atom is -0.373 e. The zero-order valence-electron chi connectivity index (χ0n) is 9.33. The van der Waals surface area contributed by atoms with Gasteiger partial charge in [-0.1, -0.05) is 12.1 Å². The van der Waals surface area contributed by atoms with E-state index in [1.54, 1.807) is 0 Å². The molecule has 0 aliphatic carbocycles. The summed E-state index contributed by atoms with van der Waals surface area (Å²) in [6.07, 6.45) is 0.214. The van der Waals surface area contributed by atoms with Crippen molar-refractivity contribution in [3.8, 4) is 0 Å². The van der Waals surface area contributed by atoms with Crippen LogP contribution in [0.4, 0.5) is 5.69 Å². The van der Waals surface area contributed by atoms with Crippen molar-refractivity contribution in [1.82, 2.24) is 5.32 Å². The lowest BCUT2D eigenvalue weighted by molar-refractivity contribution is -0.124. The second-order valence-electron chi connectivity index (χ2n) is 4.06. The van der Waals surface area contributed by atoms with E-state index in [1.807, 2.05) is 32.0 Å². The molecule has 0 saturated carbocycles. The van der Waals surface area contributed by atoms with E-state index >= 15 is 0 Å². The molecule has 0 spiro atoms. The van der Waals surface area contributed by atoms with Crippen LogP contribution in [0, 0.1) is 13.8 Å². The molecule has 4 heteroatoms. The van der Waals surface area contributed by atoms with Crippen LogP contribution in [0.25, 0.3) is 0 Å². The number of hydrogen-bond donors (Lipinski definition) is 2. The van der Waals surface area contributed by atoms with Crippen LogP contribution < -0.4 is 10.6 Å². The van der Waals surface area contributed by atoms with E-state index in [0.29, 0.717) is 0 Å². The Morgan fingerprint density at radius 1 is 1.31 bits per heavy atom. The molecule has 2 N–H and O–H groups in total. The third kappa shape index (κ3) is 1.91. The van der Waals surface area contributed by atoms with Crippen molar-refractivity contribution in [1.29, 1.82) is 0 Å². The van der Waals surface area contributed by atoms with E-state index < -0.39 is 6.04 Å². The zero-order chi connectivity index (χ0) is 11.7. The molecule has 1 fully saturated rings. The topological polar surface area (TPSA) is 58.2 Å². The van der Waals surface area contributed by atoms with Crippen molar-refractivity contribution in [2.24, 2.45) is 0 Å². The minimum absolute atomic E-state index is 0.214. The highest BCUT2D eigenvalue weighted by Gasteiger charge is 2.30. The summed E-state index contributed by atoms with van der Waals surface area (Å²) >= 11 is 0. The number of carbonyl (C=O) groups is 2. The van der Waals surface area contributed by atoms with Crippen LogP contribution in [0.3, 0.4) is 0 Å². The molecule has 1 atom stereocenters. The molecule has 1 aromatic carbocycles. The number of imide groups is 1. The highest BCUT2D eigenvalue weighted by Crippen LogP contribution is 2.20. The van der Waals surface area contributed by atoms with Gasteiger partial charge in [0.05, 0.1) is 6.42 Å². The average molecular weight is 218 g/mol. The molecule has 0 radical (unpaired) electrons. The van der Waals surface area contributed by atoms with Gasteiger partial charge in [0, 0.05) is 5.69 Å². The Hall–Kier alpha value is -1.84. The predicted molar refractivity (Wildman–Crippen MR) is 61.1 cm³/mol. The summed E-state index contributed by atoms with van der Waals surface area (Å²) < 4.78 is 0. The maximum atomic E-state index is 11.4. The highest BCUT2D eigenvalue weighted by molar-refractivity contribution is 6.06. The van der Waals surface area contributed by atoms with Crippen molar-refractivity contribution in [3.05, 3.63) is 29.3 Å². The van der Waals surface area contributed by atoms with Gasteiger partial charge in [0.2, 0.25) is 11.8 Å². The van der Waals surface area contributed by atoms with Gasteiger partial charge in [-0.05, 0) is 31.0 Å². The fraction of sp³-hybridized carbons (Fsp3) is 0.333. The molecule has 1 heterocycles. The lowest BCUT2D eigenvalue weighted by Gasteiger charge is -2.14. The van der Waals surface area contributed by atoms with Crippen LogP contribution in [0.5, 0.6) is 0 Å². The van der Waals surface area contributed by atoms with Gasteiger partial charge in [-0.25, -0.2) is 0 Å². The van der Waals surface area contributed by atoms with Crippen LogP contribution in [0.1, 0.15) is 17.5 Å². The standard InChI is InChI=1S/C12H14N2O2/c1-7-4-3-5-9(8(7)2)13-10-6-11(15)14-12(10)16/h3-5,10,13H,6H2,1-2H3,(H,14,15,16). The van der Waals surface area contributed by atoms with Crippen molar-refractivity contribution < 1.29 is 9.59 Å². The monoisotopic (exact) mass is 218 g/mol. The van der Waals surface area contributed by atoms with Crippen molar-refractivity contribution >= 4 is 17.5 Å². The smallest absolute Gasteiger partial charge is 0.249 e. The van der Waals surface area contributed by atoms with Gasteiger partial charge in [0.15, 0.2) is 0 Å². The minimum atomic E-state index is -0.437. The summed E-state index contributed by atoms with van der Waals surface area (Å²) in [5, 5.41) is 5.38. The predicted octanol–water partition coefficient (Wildman–Crippen LogP) is 1.13. The van der Waals surface area contributed by atoms with Gasteiger partial charge in [0.1, 0.15) is 6.04 Å². The lowest BCUT2D eigenvalue weighted by Crippen LogP contribution is -2.30. The van der Waals surface area contributed by atoms with Gasteiger partial charge >= 0.3 is 0 Å². The van der Waals surface area contributed by atoms with E-state index in [9.17, 15) is 9.59 Å². The molecule has 0 bridgehead atoms. The normalized spacial score (nSPS) is 19.8. The Bertz CT molecular complexity index is 454. The fourth-order valence-electron chi connectivity index (χ4n) is 1.77. The summed E-state index contributed by atoms with van der Waals surface area (Å²) in [5.41, 5.74) is 3.18. The Labute approximate surface area is 94.0 Å². The Morgan fingerprint density at radius 2 is 2.06 bits per heavy atom. The van der Waals surface area contributed by atoms with Crippen molar-refractivity contribution in [2.75, 3.05) is 5.32 Å². The van der Waals surface area contributed by atoms with Crippen molar-refractivity contribution in [2.45, 2.75) is 26.3 Å². The Kier molecular flexibility index (Phi) is 2.64. The molecule has 16 heavy (non-hydrogen) atoms. The summed E-state index contributed by atoms with van der Waals surface area (Å²) in [7, 11) is 0.